The summed E-state index contributed by atoms with van der Waals surface area (Å²) < 4.78 is 11.5. The van der Waals surface area contributed by atoms with Gasteiger partial charge in [-0.15, -0.1) is 0 Å². The van der Waals surface area contributed by atoms with E-state index in [1.807, 2.05) is 42.5 Å². The molecule has 0 spiro atoms. The molecular weight excluding hydrogens is 372 g/mol. The number of anilines is 1. The molecule has 2 rings (SSSR count). The summed E-state index contributed by atoms with van der Waals surface area (Å²) in [6.07, 6.45) is 0.403. The van der Waals surface area contributed by atoms with E-state index in [9.17, 15) is 4.79 Å². The maximum absolute atomic E-state index is 11.9. The van der Waals surface area contributed by atoms with Crippen molar-refractivity contribution in [3.8, 4) is 11.5 Å². The van der Waals surface area contributed by atoms with Crippen molar-refractivity contribution in [2.75, 3.05) is 26.1 Å². The van der Waals surface area contributed by atoms with Crippen LogP contribution in [0.4, 0.5) is 5.69 Å². The summed E-state index contributed by atoms with van der Waals surface area (Å²) in [7, 11) is 3.19. The second kappa shape index (κ2) is 9.17. The van der Waals surface area contributed by atoms with Crippen molar-refractivity contribution in [2.24, 2.45) is 0 Å². The zero-order valence-corrected chi connectivity index (χ0v) is 15.4. The maximum Gasteiger partial charge on any atom is 0.222 e. The van der Waals surface area contributed by atoms with Gasteiger partial charge in [-0.25, -0.2) is 0 Å². The lowest BCUT2D eigenvalue weighted by Crippen LogP contribution is -2.24. The zero-order valence-electron chi connectivity index (χ0n) is 13.8. The van der Waals surface area contributed by atoms with Crippen molar-refractivity contribution < 1.29 is 14.3 Å². The van der Waals surface area contributed by atoms with Gasteiger partial charge in [-0.05, 0) is 35.9 Å². The van der Waals surface area contributed by atoms with Gasteiger partial charge in [-0.1, -0.05) is 28.1 Å². The van der Waals surface area contributed by atoms with Gasteiger partial charge in [0.1, 0.15) is 0 Å². The number of halogens is 1. The van der Waals surface area contributed by atoms with Gasteiger partial charge in [-0.3, -0.25) is 4.79 Å². The number of ether oxygens (including phenoxy) is 2. The molecule has 24 heavy (non-hydrogen) atoms. The Labute approximate surface area is 150 Å². The molecule has 0 atom stereocenters. The number of amides is 1. The number of carbonyl (C=O) groups excluding carboxylic acids is 1. The highest BCUT2D eigenvalue weighted by Crippen LogP contribution is 2.27. The van der Waals surface area contributed by atoms with E-state index in [4.69, 9.17) is 9.47 Å². The summed E-state index contributed by atoms with van der Waals surface area (Å²) in [4.78, 5) is 11.9. The van der Waals surface area contributed by atoms with Crippen LogP contribution in [0.3, 0.4) is 0 Å². The topological polar surface area (TPSA) is 59.6 Å². The predicted octanol–water partition coefficient (Wildman–Crippen LogP) is 3.58. The van der Waals surface area contributed by atoms with Crippen LogP contribution in [-0.4, -0.2) is 26.7 Å². The molecule has 0 saturated heterocycles. The molecule has 0 unspecified atom stereocenters. The van der Waals surface area contributed by atoms with E-state index in [-0.39, 0.29) is 5.91 Å². The van der Waals surface area contributed by atoms with E-state index in [0.717, 1.165) is 15.7 Å². The first-order valence-electron chi connectivity index (χ1n) is 7.59. The molecular formula is C18H21BrN2O3. The van der Waals surface area contributed by atoms with Gasteiger partial charge in [0.2, 0.25) is 5.91 Å². The standard InChI is InChI=1S/C18H21BrN2O3/c1-23-16-7-6-13(10-17(16)24-2)12-21-18(22)8-9-20-15-5-3-4-14(19)11-15/h3-7,10-11,20H,8-9,12H2,1-2H3,(H,21,22). The lowest BCUT2D eigenvalue weighted by Gasteiger charge is -2.11. The second-order valence-electron chi connectivity index (χ2n) is 5.15. The van der Waals surface area contributed by atoms with E-state index in [2.05, 4.69) is 26.6 Å². The van der Waals surface area contributed by atoms with E-state index < -0.39 is 0 Å². The van der Waals surface area contributed by atoms with Crippen molar-refractivity contribution in [1.82, 2.24) is 5.32 Å². The van der Waals surface area contributed by atoms with Crippen molar-refractivity contribution in [1.29, 1.82) is 0 Å². The monoisotopic (exact) mass is 392 g/mol. The Kier molecular flexibility index (Phi) is 6.93. The summed E-state index contributed by atoms with van der Waals surface area (Å²) >= 11 is 3.42. The minimum Gasteiger partial charge on any atom is -0.493 e. The molecule has 0 saturated carbocycles. The zero-order chi connectivity index (χ0) is 17.4. The lowest BCUT2D eigenvalue weighted by molar-refractivity contribution is -0.121. The van der Waals surface area contributed by atoms with Crippen LogP contribution < -0.4 is 20.1 Å². The van der Waals surface area contributed by atoms with Crippen molar-refractivity contribution in [2.45, 2.75) is 13.0 Å². The van der Waals surface area contributed by atoms with Gasteiger partial charge in [0.05, 0.1) is 14.2 Å². The summed E-state index contributed by atoms with van der Waals surface area (Å²) in [5, 5.41) is 6.12. The third-order valence-electron chi connectivity index (χ3n) is 3.44. The number of carbonyl (C=O) groups is 1. The van der Waals surface area contributed by atoms with Gasteiger partial charge in [0, 0.05) is 29.7 Å². The van der Waals surface area contributed by atoms with E-state index >= 15 is 0 Å². The van der Waals surface area contributed by atoms with Crippen molar-refractivity contribution >= 4 is 27.5 Å². The summed E-state index contributed by atoms with van der Waals surface area (Å²) in [6.45, 7) is 1.03. The fourth-order valence-corrected chi connectivity index (χ4v) is 2.60. The molecule has 1 amide bonds. The molecule has 0 bridgehead atoms. The second-order valence-corrected chi connectivity index (χ2v) is 6.07. The van der Waals surface area contributed by atoms with Crippen molar-refractivity contribution in [3.05, 3.63) is 52.5 Å². The van der Waals surface area contributed by atoms with Crippen LogP contribution >= 0.6 is 15.9 Å². The SMILES string of the molecule is COc1ccc(CNC(=O)CCNc2cccc(Br)c2)cc1OC. The molecule has 0 aliphatic carbocycles. The molecule has 6 heteroatoms. The highest BCUT2D eigenvalue weighted by atomic mass is 79.9. The Morgan fingerprint density at radius 2 is 1.88 bits per heavy atom. The van der Waals surface area contributed by atoms with Crippen LogP contribution in [0.25, 0.3) is 0 Å². The van der Waals surface area contributed by atoms with Gasteiger partial charge < -0.3 is 20.1 Å². The Morgan fingerprint density at radius 1 is 1.08 bits per heavy atom. The smallest absolute Gasteiger partial charge is 0.222 e. The number of hydrogen-bond donors (Lipinski definition) is 2. The average molecular weight is 393 g/mol. The minimum absolute atomic E-state index is 0.00715. The molecule has 128 valence electrons. The number of methoxy groups -OCH3 is 2. The number of benzene rings is 2. The first-order valence-corrected chi connectivity index (χ1v) is 8.38. The Morgan fingerprint density at radius 3 is 2.58 bits per heavy atom. The Bertz CT molecular complexity index is 692. The molecule has 2 aromatic rings. The average Bonchev–Trinajstić information content (AvgIpc) is 2.59. The summed E-state index contributed by atoms with van der Waals surface area (Å²) in [6, 6.07) is 13.4. The molecule has 2 N–H and O–H groups in total. The number of nitrogens with one attached hydrogen (secondary N) is 2. The summed E-state index contributed by atoms with van der Waals surface area (Å²) in [5.74, 6) is 1.32. The quantitative estimate of drug-likeness (QED) is 0.720. The predicted molar refractivity (Wildman–Crippen MR) is 98.6 cm³/mol. The molecule has 0 aliphatic heterocycles. The first-order chi connectivity index (χ1) is 11.6. The molecule has 0 aromatic heterocycles. The number of rotatable bonds is 8. The Balaban J connectivity index is 1.77. The number of hydrogen-bond acceptors (Lipinski definition) is 4. The first kappa shape index (κ1) is 18.1. The minimum atomic E-state index is -0.00715. The molecule has 2 aromatic carbocycles. The third kappa shape index (κ3) is 5.45. The van der Waals surface area contributed by atoms with Crippen LogP contribution in [0, 0.1) is 0 Å². The van der Waals surface area contributed by atoms with Crippen LogP contribution in [0.5, 0.6) is 11.5 Å². The summed E-state index contributed by atoms with van der Waals surface area (Å²) in [5.41, 5.74) is 1.94. The highest BCUT2D eigenvalue weighted by Gasteiger charge is 2.06. The Hall–Kier alpha value is -2.21. The van der Waals surface area contributed by atoms with Crippen LogP contribution in [-0.2, 0) is 11.3 Å². The van der Waals surface area contributed by atoms with Crippen molar-refractivity contribution in [3.63, 3.8) is 0 Å². The largest absolute Gasteiger partial charge is 0.493 e. The van der Waals surface area contributed by atoms with Crippen LogP contribution in [0.1, 0.15) is 12.0 Å². The fraction of sp³-hybridized carbons (Fsp3) is 0.278. The van der Waals surface area contributed by atoms with E-state index in [1.165, 1.54) is 0 Å². The molecule has 0 heterocycles. The fourth-order valence-electron chi connectivity index (χ4n) is 2.20. The van der Waals surface area contributed by atoms with Gasteiger partial charge in [-0.2, -0.15) is 0 Å². The van der Waals surface area contributed by atoms with Gasteiger partial charge >= 0.3 is 0 Å². The molecule has 0 fully saturated rings. The van der Waals surface area contributed by atoms with E-state index in [1.54, 1.807) is 14.2 Å². The van der Waals surface area contributed by atoms with Gasteiger partial charge in [0.25, 0.3) is 0 Å². The van der Waals surface area contributed by atoms with E-state index in [0.29, 0.717) is 31.0 Å². The maximum atomic E-state index is 11.9. The molecule has 5 nitrogen and oxygen atoms in total. The van der Waals surface area contributed by atoms with Crippen LogP contribution in [0.15, 0.2) is 46.9 Å². The lowest BCUT2D eigenvalue weighted by atomic mass is 10.2. The highest BCUT2D eigenvalue weighted by molar-refractivity contribution is 9.10. The van der Waals surface area contributed by atoms with Crippen LogP contribution in [0.2, 0.25) is 0 Å². The molecule has 0 aliphatic rings. The normalized spacial score (nSPS) is 10.1. The molecule has 0 radical (unpaired) electrons. The third-order valence-corrected chi connectivity index (χ3v) is 3.94. The van der Waals surface area contributed by atoms with Gasteiger partial charge in [0.15, 0.2) is 11.5 Å².